The normalized spacial score (nSPS) is 17.8. The van der Waals surface area contributed by atoms with E-state index in [4.69, 9.17) is 0 Å². The summed E-state index contributed by atoms with van der Waals surface area (Å²) in [4.78, 5) is 15.0. The van der Waals surface area contributed by atoms with Crippen molar-refractivity contribution < 1.29 is 4.79 Å². The monoisotopic (exact) mass is 339 g/mol. The summed E-state index contributed by atoms with van der Waals surface area (Å²) in [5.74, 6) is 0.993. The number of amides is 1. The lowest BCUT2D eigenvalue weighted by atomic mass is 10.1. The second kappa shape index (κ2) is 6.19. The number of nitrogens with one attached hydrogen (secondary N) is 1. The van der Waals surface area contributed by atoms with E-state index in [0.29, 0.717) is 5.56 Å². The Morgan fingerprint density at radius 3 is 3.04 bits per heavy atom. The van der Waals surface area contributed by atoms with Gasteiger partial charge in [0.25, 0.3) is 5.91 Å². The summed E-state index contributed by atoms with van der Waals surface area (Å²) in [6.45, 7) is 3.75. The number of fused-ring (bicyclic) bond motifs is 1. The molecule has 1 amide bonds. The van der Waals surface area contributed by atoms with Gasteiger partial charge in [-0.3, -0.25) is 9.48 Å². The Hall–Kier alpha value is -2.90. The maximum atomic E-state index is 12.7. The van der Waals surface area contributed by atoms with Crippen molar-refractivity contribution in [1.29, 1.82) is 0 Å². The first kappa shape index (κ1) is 15.6. The van der Waals surface area contributed by atoms with Gasteiger partial charge >= 0.3 is 0 Å². The third-order valence-corrected chi connectivity index (χ3v) is 4.61. The highest BCUT2D eigenvalue weighted by atomic mass is 16.1. The number of aromatic nitrogens is 5. The minimum Gasteiger partial charge on any atom is -0.355 e. The summed E-state index contributed by atoms with van der Waals surface area (Å²) in [5.41, 5.74) is 2.28. The molecule has 130 valence electrons. The molecule has 3 aromatic rings. The van der Waals surface area contributed by atoms with Crippen LogP contribution in [-0.2, 0) is 7.05 Å². The molecule has 0 radical (unpaired) electrons. The molecule has 25 heavy (non-hydrogen) atoms. The van der Waals surface area contributed by atoms with Crippen molar-refractivity contribution in [2.75, 3.05) is 18.0 Å². The number of carbonyl (C=O) groups is 1. The van der Waals surface area contributed by atoms with Crippen molar-refractivity contribution in [1.82, 2.24) is 29.9 Å². The lowest BCUT2D eigenvalue weighted by Crippen LogP contribution is -2.48. The molecule has 1 atom stereocenters. The van der Waals surface area contributed by atoms with Crippen molar-refractivity contribution in [2.24, 2.45) is 7.05 Å². The molecule has 0 aliphatic carbocycles. The molecule has 1 aliphatic heterocycles. The number of anilines is 1. The fraction of sp³-hybridized carbons (Fsp3) is 0.412. The molecule has 0 spiro atoms. The van der Waals surface area contributed by atoms with E-state index in [-0.39, 0.29) is 11.9 Å². The molecular formula is C17H21N7O. The fourth-order valence-corrected chi connectivity index (χ4v) is 3.47. The number of carbonyl (C=O) groups excluding carboxylic acids is 1. The average Bonchev–Trinajstić information content (AvgIpc) is 3.18. The Labute approximate surface area is 145 Å². The Bertz CT molecular complexity index is 913. The van der Waals surface area contributed by atoms with Crippen LogP contribution in [0, 0.1) is 6.92 Å². The van der Waals surface area contributed by atoms with E-state index >= 15 is 0 Å². The zero-order chi connectivity index (χ0) is 17.4. The molecule has 8 heteroatoms. The summed E-state index contributed by atoms with van der Waals surface area (Å²) < 4.78 is 3.37. The highest BCUT2D eigenvalue weighted by molar-refractivity contribution is 6.00. The van der Waals surface area contributed by atoms with Gasteiger partial charge in [-0.1, -0.05) is 0 Å². The second-order valence-corrected chi connectivity index (χ2v) is 6.48. The fourth-order valence-electron chi connectivity index (χ4n) is 3.47. The largest absolute Gasteiger partial charge is 0.355 e. The Kier molecular flexibility index (Phi) is 3.87. The summed E-state index contributed by atoms with van der Waals surface area (Å²) in [6, 6.07) is 5.84. The molecule has 3 aromatic heterocycles. The van der Waals surface area contributed by atoms with Crippen LogP contribution in [0.1, 0.15) is 28.9 Å². The van der Waals surface area contributed by atoms with Crippen LogP contribution in [0.3, 0.4) is 0 Å². The topological polar surface area (TPSA) is 80.4 Å². The van der Waals surface area contributed by atoms with Crippen molar-refractivity contribution in [3.8, 4) is 0 Å². The highest BCUT2D eigenvalue weighted by Gasteiger charge is 2.25. The lowest BCUT2D eigenvalue weighted by Gasteiger charge is -2.34. The Balaban J connectivity index is 1.49. The minimum absolute atomic E-state index is 0.100. The number of hydrogen-bond donors (Lipinski definition) is 1. The molecule has 1 aliphatic rings. The van der Waals surface area contributed by atoms with Crippen LogP contribution in [0.25, 0.3) is 5.52 Å². The van der Waals surface area contributed by atoms with Gasteiger partial charge in [-0.25, -0.2) is 0 Å². The zero-order valence-corrected chi connectivity index (χ0v) is 14.4. The quantitative estimate of drug-likeness (QED) is 0.775. The average molecular weight is 339 g/mol. The summed E-state index contributed by atoms with van der Waals surface area (Å²) >= 11 is 0. The van der Waals surface area contributed by atoms with Crippen molar-refractivity contribution in [3.05, 3.63) is 41.9 Å². The molecular weight excluding hydrogens is 318 g/mol. The third kappa shape index (κ3) is 2.95. The molecule has 1 unspecified atom stereocenters. The van der Waals surface area contributed by atoms with E-state index in [0.717, 1.165) is 43.0 Å². The van der Waals surface area contributed by atoms with Crippen LogP contribution < -0.4 is 10.2 Å². The smallest absolute Gasteiger partial charge is 0.255 e. The van der Waals surface area contributed by atoms with Gasteiger partial charge < -0.3 is 10.2 Å². The summed E-state index contributed by atoms with van der Waals surface area (Å²) in [5, 5.41) is 15.8. The third-order valence-electron chi connectivity index (χ3n) is 4.61. The van der Waals surface area contributed by atoms with Crippen LogP contribution in [0.15, 0.2) is 30.6 Å². The second-order valence-electron chi connectivity index (χ2n) is 6.48. The van der Waals surface area contributed by atoms with E-state index in [1.807, 2.05) is 24.7 Å². The number of nitrogens with zero attached hydrogens (tertiary/aromatic N) is 6. The number of piperidine rings is 1. The number of aryl methyl sites for hydroxylation is 2. The van der Waals surface area contributed by atoms with E-state index < -0.39 is 0 Å². The first-order chi connectivity index (χ1) is 12.1. The van der Waals surface area contributed by atoms with Crippen LogP contribution in [0.2, 0.25) is 0 Å². The van der Waals surface area contributed by atoms with E-state index in [1.165, 1.54) is 4.63 Å². The number of hydrogen-bond acceptors (Lipinski definition) is 5. The van der Waals surface area contributed by atoms with Gasteiger partial charge in [0.2, 0.25) is 0 Å². The maximum Gasteiger partial charge on any atom is 0.255 e. The van der Waals surface area contributed by atoms with Crippen molar-refractivity contribution in [3.63, 3.8) is 0 Å². The standard InChI is InChI=1S/C17H21N7O/c1-12-9-16(22(2)21-12)23-8-4-5-13(11-23)20-17(25)14-10-19-24-15(14)6-3-7-18-24/h3,6-7,9-10,13H,4-5,8,11H2,1-2H3,(H,20,25). The Morgan fingerprint density at radius 2 is 2.24 bits per heavy atom. The van der Waals surface area contributed by atoms with Gasteiger partial charge in [0.1, 0.15) is 11.3 Å². The highest BCUT2D eigenvalue weighted by Crippen LogP contribution is 2.21. The molecule has 1 N–H and O–H groups in total. The van der Waals surface area contributed by atoms with Crippen LogP contribution in [0.4, 0.5) is 5.82 Å². The lowest BCUT2D eigenvalue weighted by molar-refractivity contribution is 0.0934. The zero-order valence-electron chi connectivity index (χ0n) is 14.4. The van der Waals surface area contributed by atoms with Gasteiger partial charge in [0, 0.05) is 38.4 Å². The van der Waals surface area contributed by atoms with Gasteiger partial charge in [-0.15, -0.1) is 0 Å². The minimum atomic E-state index is -0.101. The molecule has 0 aromatic carbocycles. The first-order valence-electron chi connectivity index (χ1n) is 8.47. The molecule has 8 nitrogen and oxygen atoms in total. The Morgan fingerprint density at radius 1 is 1.36 bits per heavy atom. The molecule has 0 saturated carbocycles. The molecule has 4 heterocycles. The van der Waals surface area contributed by atoms with Crippen molar-refractivity contribution in [2.45, 2.75) is 25.8 Å². The van der Waals surface area contributed by atoms with E-state index in [9.17, 15) is 4.79 Å². The molecule has 0 bridgehead atoms. The van der Waals surface area contributed by atoms with Gasteiger partial charge in [-0.05, 0) is 31.9 Å². The van der Waals surface area contributed by atoms with E-state index in [2.05, 4.69) is 31.6 Å². The van der Waals surface area contributed by atoms with Gasteiger partial charge in [0.15, 0.2) is 0 Å². The van der Waals surface area contributed by atoms with Crippen LogP contribution in [-0.4, -0.2) is 49.6 Å². The SMILES string of the molecule is Cc1cc(N2CCCC(NC(=O)c3cnn4ncccc34)C2)n(C)n1. The first-order valence-corrected chi connectivity index (χ1v) is 8.47. The summed E-state index contributed by atoms with van der Waals surface area (Å²) in [6.07, 6.45) is 5.22. The van der Waals surface area contributed by atoms with Crippen LogP contribution >= 0.6 is 0 Å². The van der Waals surface area contributed by atoms with Crippen LogP contribution in [0.5, 0.6) is 0 Å². The summed E-state index contributed by atoms with van der Waals surface area (Å²) in [7, 11) is 1.95. The molecule has 1 saturated heterocycles. The molecule has 4 rings (SSSR count). The molecule has 1 fully saturated rings. The van der Waals surface area contributed by atoms with Gasteiger partial charge in [-0.2, -0.15) is 19.9 Å². The number of rotatable bonds is 3. The van der Waals surface area contributed by atoms with Gasteiger partial charge in [0.05, 0.1) is 17.5 Å². The predicted molar refractivity (Wildman–Crippen MR) is 93.6 cm³/mol. The van der Waals surface area contributed by atoms with E-state index in [1.54, 1.807) is 18.5 Å². The maximum absolute atomic E-state index is 12.7. The van der Waals surface area contributed by atoms with Crippen molar-refractivity contribution >= 4 is 17.2 Å². The predicted octanol–water partition coefficient (Wildman–Crippen LogP) is 1.17.